The van der Waals surface area contributed by atoms with Gasteiger partial charge in [0.2, 0.25) is 0 Å². The average Bonchev–Trinajstić information content (AvgIpc) is 2.37. The highest BCUT2D eigenvalue weighted by Gasteiger charge is 2.21. The Morgan fingerprint density at radius 2 is 2.00 bits per heavy atom. The van der Waals surface area contributed by atoms with Gasteiger partial charge in [-0.05, 0) is 62.7 Å². The second-order valence-corrected chi connectivity index (χ2v) is 4.60. The zero-order valence-electron chi connectivity index (χ0n) is 11.7. The van der Waals surface area contributed by atoms with Crippen LogP contribution in [0.15, 0.2) is 12.1 Å². The van der Waals surface area contributed by atoms with Gasteiger partial charge in [-0.25, -0.2) is 0 Å². The standard InChI is InChI=1S/C14H24N2O2/c1-9-8-13(18-4)10(2)7-11(9)14(17)12(16-3)5-6-15/h7-8,12,14,16-17H,5-6,15H2,1-4H3. The number of benzene rings is 1. The number of rotatable bonds is 6. The van der Waals surface area contributed by atoms with Gasteiger partial charge in [-0.2, -0.15) is 0 Å². The maximum atomic E-state index is 10.4. The number of methoxy groups -OCH3 is 1. The minimum Gasteiger partial charge on any atom is -0.496 e. The van der Waals surface area contributed by atoms with Gasteiger partial charge in [0.05, 0.1) is 13.2 Å². The highest BCUT2D eigenvalue weighted by Crippen LogP contribution is 2.28. The van der Waals surface area contributed by atoms with Gasteiger partial charge in [0.1, 0.15) is 5.75 Å². The van der Waals surface area contributed by atoms with Gasteiger partial charge in [0.15, 0.2) is 0 Å². The van der Waals surface area contributed by atoms with Gasteiger partial charge in [-0.3, -0.25) is 0 Å². The van der Waals surface area contributed by atoms with E-state index < -0.39 is 6.10 Å². The Kier molecular flexibility index (Phi) is 5.59. The largest absolute Gasteiger partial charge is 0.496 e. The summed E-state index contributed by atoms with van der Waals surface area (Å²) >= 11 is 0. The second kappa shape index (κ2) is 6.73. The van der Waals surface area contributed by atoms with Crippen LogP contribution in [0, 0.1) is 13.8 Å². The van der Waals surface area contributed by atoms with Crippen LogP contribution >= 0.6 is 0 Å². The van der Waals surface area contributed by atoms with Crippen molar-refractivity contribution in [3.05, 3.63) is 28.8 Å². The molecule has 4 heteroatoms. The van der Waals surface area contributed by atoms with E-state index in [1.54, 1.807) is 7.11 Å². The Balaban J connectivity index is 3.04. The number of aryl methyl sites for hydroxylation is 2. The van der Waals surface area contributed by atoms with E-state index in [4.69, 9.17) is 10.5 Å². The molecule has 102 valence electrons. The number of hydrogen-bond acceptors (Lipinski definition) is 4. The molecule has 0 aliphatic carbocycles. The van der Waals surface area contributed by atoms with Crippen LogP contribution in [0.3, 0.4) is 0 Å². The number of hydrogen-bond donors (Lipinski definition) is 3. The fraction of sp³-hybridized carbons (Fsp3) is 0.571. The van der Waals surface area contributed by atoms with Crippen LogP contribution in [0.2, 0.25) is 0 Å². The van der Waals surface area contributed by atoms with Gasteiger partial charge >= 0.3 is 0 Å². The van der Waals surface area contributed by atoms with Crippen molar-refractivity contribution in [2.75, 3.05) is 20.7 Å². The quantitative estimate of drug-likeness (QED) is 0.713. The topological polar surface area (TPSA) is 67.5 Å². The molecule has 0 aliphatic heterocycles. The molecule has 0 saturated carbocycles. The molecule has 0 saturated heterocycles. The summed E-state index contributed by atoms with van der Waals surface area (Å²) in [6.45, 7) is 4.51. The molecule has 2 unspecified atom stereocenters. The first kappa shape index (κ1) is 15.0. The lowest BCUT2D eigenvalue weighted by atomic mass is 9.94. The SMILES string of the molecule is CNC(CCN)C(O)c1cc(C)c(OC)cc1C. The number of nitrogens with two attached hydrogens (primary N) is 1. The van der Waals surface area contributed by atoms with Crippen molar-refractivity contribution in [1.29, 1.82) is 0 Å². The molecule has 0 aliphatic rings. The van der Waals surface area contributed by atoms with Gasteiger partial charge in [0, 0.05) is 6.04 Å². The number of aliphatic hydroxyl groups is 1. The number of nitrogens with one attached hydrogen (secondary N) is 1. The van der Waals surface area contributed by atoms with Crippen LogP contribution in [0.5, 0.6) is 5.75 Å². The molecule has 4 nitrogen and oxygen atoms in total. The first-order chi connectivity index (χ1) is 8.54. The van der Waals surface area contributed by atoms with E-state index in [0.717, 1.165) is 28.9 Å². The number of aliphatic hydroxyl groups excluding tert-OH is 1. The molecule has 18 heavy (non-hydrogen) atoms. The smallest absolute Gasteiger partial charge is 0.122 e. The summed E-state index contributed by atoms with van der Waals surface area (Å²) in [6.07, 6.45) is 0.186. The minimum atomic E-state index is -0.553. The van der Waals surface area contributed by atoms with E-state index in [2.05, 4.69) is 5.32 Å². The van der Waals surface area contributed by atoms with Crippen LogP contribution in [0.4, 0.5) is 0 Å². The molecule has 0 spiro atoms. The normalized spacial score (nSPS) is 14.3. The molecule has 1 aromatic rings. The van der Waals surface area contributed by atoms with E-state index in [1.807, 2.05) is 33.0 Å². The first-order valence-electron chi connectivity index (χ1n) is 6.25. The van der Waals surface area contributed by atoms with Crippen LogP contribution in [0.25, 0.3) is 0 Å². The molecule has 0 bridgehead atoms. The molecule has 0 radical (unpaired) electrons. The lowest BCUT2D eigenvalue weighted by molar-refractivity contribution is 0.128. The first-order valence-corrected chi connectivity index (χ1v) is 6.25. The molecule has 1 aromatic carbocycles. The summed E-state index contributed by atoms with van der Waals surface area (Å²) in [6, 6.07) is 3.92. The van der Waals surface area contributed by atoms with Crippen molar-refractivity contribution in [2.24, 2.45) is 5.73 Å². The van der Waals surface area contributed by atoms with Crippen molar-refractivity contribution >= 4 is 0 Å². The van der Waals surface area contributed by atoms with E-state index in [0.29, 0.717) is 6.54 Å². The fourth-order valence-electron chi connectivity index (χ4n) is 2.21. The molecular formula is C14H24N2O2. The van der Waals surface area contributed by atoms with E-state index in [-0.39, 0.29) is 6.04 Å². The Hall–Kier alpha value is -1.10. The second-order valence-electron chi connectivity index (χ2n) is 4.60. The highest BCUT2D eigenvalue weighted by atomic mass is 16.5. The average molecular weight is 252 g/mol. The van der Waals surface area contributed by atoms with Gasteiger partial charge in [-0.15, -0.1) is 0 Å². The van der Waals surface area contributed by atoms with E-state index in [9.17, 15) is 5.11 Å². The number of ether oxygens (including phenoxy) is 1. The van der Waals surface area contributed by atoms with Crippen LogP contribution in [-0.2, 0) is 0 Å². The van der Waals surface area contributed by atoms with Crippen LogP contribution < -0.4 is 15.8 Å². The predicted molar refractivity (Wildman–Crippen MR) is 73.9 cm³/mol. The minimum absolute atomic E-state index is 0.0264. The maximum Gasteiger partial charge on any atom is 0.122 e. The van der Waals surface area contributed by atoms with Crippen molar-refractivity contribution in [1.82, 2.24) is 5.32 Å². The lowest BCUT2D eigenvalue weighted by Gasteiger charge is -2.24. The third-order valence-corrected chi connectivity index (χ3v) is 3.33. The van der Waals surface area contributed by atoms with E-state index in [1.165, 1.54) is 0 Å². The Bertz CT molecular complexity index is 394. The Labute approximate surface area is 109 Å². The van der Waals surface area contributed by atoms with Gasteiger partial charge < -0.3 is 20.9 Å². The van der Waals surface area contributed by atoms with Crippen molar-refractivity contribution < 1.29 is 9.84 Å². The molecular weight excluding hydrogens is 228 g/mol. The third-order valence-electron chi connectivity index (χ3n) is 3.33. The highest BCUT2D eigenvalue weighted by molar-refractivity contribution is 5.42. The van der Waals surface area contributed by atoms with Gasteiger partial charge in [-0.1, -0.05) is 0 Å². The van der Waals surface area contributed by atoms with Crippen molar-refractivity contribution in [3.8, 4) is 5.75 Å². The van der Waals surface area contributed by atoms with Crippen molar-refractivity contribution in [3.63, 3.8) is 0 Å². The molecule has 4 N–H and O–H groups in total. The summed E-state index contributed by atoms with van der Waals surface area (Å²) < 4.78 is 5.28. The summed E-state index contributed by atoms with van der Waals surface area (Å²) in [7, 11) is 3.50. The summed E-state index contributed by atoms with van der Waals surface area (Å²) in [5.74, 6) is 0.850. The van der Waals surface area contributed by atoms with Crippen LogP contribution in [0.1, 0.15) is 29.2 Å². The molecule has 0 aromatic heterocycles. The molecule has 0 heterocycles. The van der Waals surface area contributed by atoms with Crippen LogP contribution in [-0.4, -0.2) is 31.9 Å². The number of likely N-dealkylation sites (N-methyl/N-ethyl adjacent to an activating group) is 1. The fourth-order valence-corrected chi connectivity index (χ4v) is 2.21. The third kappa shape index (κ3) is 3.22. The predicted octanol–water partition coefficient (Wildman–Crippen LogP) is 1.28. The summed E-state index contributed by atoms with van der Waals surface area (Å²) in [4.78, 5) is 0. The zero-order valence-corrected chi connectivity index (χ0v) is 11.7. The lowest BCUT2D eigenvalue weighted by Crippen LogP contribution is -2.34. The summed E-state index contributed by atoms with van der Waals surface area (Å²) in [5, 5.41) is 13.5. The molecule has 0 fully saturated rings. The van der Waals surface area contributed by atoms with Gasteiger partial charge in [0.25, 0.3) is 0 Å². The van der Waals surface area contributed by atoms with E-state index >= 15 is 0 Å². The summed E-state index contributed by atoms with van der Waals surface area (Å²) in [5.41, 5.74) is 8.55. The monoisotopic (exact) mass is 252 g/mol. The Morgan fingerprint density at radius 3 is 2.50 bits per heavy atom. The molecule has 0 amide bonds. The van der Waals surface area contributed by atoms with Crippen molar-refractivity contribution in [2.45, 2.75) is 32.4 Å². The maximum absolute atomic E-state index is 10.4. The zero-order chi connectivity index (χ0) is 13.7. The molecule has 2 atom stereocenters. The molecule has 1 rings (SSSR count). The Morgan fingerprint density at radius 1 is 1.33 bits per heavy atom.